The fourth-order valence-corrected chi connectivity index (χ4v) is 6.94. The Morgan fingerprint density at radius 1 is 0.519 bits per heavy atom. The van der Waals surface area contributed by atoms with Gasteiger partial charge in [-0.1, -0.05) is 36.4 Å². The summed E-state index contributed by atoms with van der Waals surface area (Å²) in [5, 5.41) is 39.3. The number of hydrogen-bond donors (Lipinski definition) is 6. The fraction of sp³-hybridized carbons (Fsp3) is 0.182. The van der Waals surface area contributed by atoms with Gasteiger partial charge < -0.3 is 50.8 Å². The highest BCUT2D eigenvalue weighted by atomic mass is 19.4. The van der Waals surface area contributed by atoms with Crippen molar-refractivity contribution >= 4 is 68.9 Å². The van der Waals surface area contributed by atoms with Gasteiger partial charge in [-0.15, -0.1) is 0 Å². The summed E-state index contributed by atoms with van der Waals surface area (Å²) in [6.07, 6.45) is -4.60. The van der Waals surface area contributed by atoms with Crippen LogP contribution in [-0.4, -0.2) is 75.2 Å². The summed E-state index contributed by atoms with van der Waals surface area (Å²) in [6, 6.07) is 41.5. The van der Waals surface area contributed by atoms with Crippen molar-refractivity contribution in [3.05, 3.63) is 200 Å². The zero-order chi connectivity index (χ0) is 56.1. The van der Waals surface area contributed by atoms with Crippen LogP contribution in [0.1, 0.15) is 50.5 Å². The van der Waals surface area contributed by atoms with E-state index in [2.05, 4.69) is 31.9 Å². The van der Waals surface area contributed by atoms with E-state index in [1.54, 1.807) is 97.1 Å². The summed E-state index contributed by atoms with van der Waals surface area (Å²) in [7, 11) is 6.00. The third-order valence-electron chi connectivity index (χ3n) is 10.6. The molecule has 22 heteroatoms. The lowest BCUT2D eigenvalue weighted by molar-refractivity contribution is -0.384. The molecule has 0 radical (unpaired) electrons. The number of anilines is 7. The molecule has 0 bridgehead atoms. The van der Waals surface area contributed by atoms with Gasteiger partial charge in [0.25, 0.3) is 29.1 Å². The maximum atomic E-state index is 13.3. The summed E-state index contributed by atoms with van der Waals surface area (Å²) in [4.78, 5) is 58.8. The molecule has 0 aromatic heterocycles. The van der Waals surface area contributed by atoms with Crippen molar-refractivity contribution in [1.82, 2.24) is 0 Å². The first-order valence-electron chi connectivity index (χ1n) is 23.3. The lowest BCUT2D eigenvalue weighted by Crippen LogP contribution is -2.17. The van der Waals surface area contributed by atoms with E-state index in [0.29, 0.717) is 51.4 Å². The average Bonchev–Trinajstić information content (AvgIpc) is 3.41. The van der Waals surface area contributed by atoms with Gasteiger partial charge in [-0.05, 0) is 105 Å². The smallest absolute Gasteiger partial charge is 0.418 e. The number of hydrogen-bond acceptors (Lipinski definition) is 14. The van der Waals surface area contributed by atoms with Crippen LogP contribution in [-0.2, 0) is 10.9 Å². The number of rotatable bonds is 19. The Hall–Kier alpha value is -9.70. The molecule has 77 heavy (non-hydrogen) atoms. The van der Waals surface area contributed by atoms with Crippen LogP contribution in [0.15, 0.2) is 158 Å². The molecule has 0 saturated carbocycles. The van der Waals surface area contributed by atoms with E-state index < -0.39 is 39.3 Å². The highest BCUT2D eigenvalue weighted by Gasteiger charge is 2.34. The molecule has 0 unspecified atom stereocenters. The quantitative estimate of drug-likeness (QED) is 0.0251. The predicted octanol–water partition coefficient (Wildman–Crippen LogP) is 12.3. The first kappa shape index (κ1) is 58.2. The van der Waals surface area contributed by atoms with Crippen molar-refractivity contribution in [2.24, 2.45) is 0 Å². The third kappa shape index (κ3) is 17.7. The molecule has 7 aromatic rings. The molecule has 7 aromatic carbocycles. The Bertz CT molecular complexity index is 3160. The summed E-state index contributed by atoms with van der Waals surface area (Å²) in [5.41, 5.74) is 1.87. The number of nitro benzene ring substituents is 2. The molecule has 19 nitrogen and oxygen atoms in total. The number of amides is 3. The molecular formula is C55H55F3N8O11. The lowest BCUT2D eigenvalue weighted by atomic mass is 10.1. The Morgan fingerprint density at radius 2 is 0.922 bits per heavy atom. The molecule has 0 fully saturated rings. The molecule has 0 atom stereocenters. The number of halogens is 3. The maximum Gasteiger partial charge on any atom is 0.418 e. The van der Waals surface area contributed by atoms with Crippen molar-refractivity contribution in [1.29, 1.82) is 0 Å². The Morgan fingerprint density at radius 3 is 1.32 bits per heavy atom. The predicted molar refractivity (Wildman–Crippen MR) is 289 cm³/mol. The molecular weight excluding hydrogens is 1010 g/mol. The van der Waals surface area contributed by atoms with Crippen LogP contribution in [0.25, 0.3) is 0 Å². The zero-order valence-electron chi connectivity index (χ0n) is 42.5. The van der Waals surface area contributed by atoms with E-state index in [-0.39, 0.29) is 52.9 Å². The number of nitrogens with zero attached hydrogens (tertiary/aromatic N) is 2. The van der Waals surface area contributed by atoms with Crippen molar-refractivity contribution in [2.75, 3.05) is 73.5 Å². The number of para-hydroxylation sites is 1. The second kappa shape index (κ2) is 28.1. The van der Waals surface area contributed by atoms with E-state index in [4.69, 9.17) is 18.9 Å². The third-order valence-corrected chi connectivity index (χ3v) is 10.6. The van der Waals surface area contributed by atoms with Crippen LogP contribution in [0, 0.1) is 20.2 Å². The summed E-state index contributed by atoms with van der Waals surface area (Å²) >= 11 is 0. The topological polar surface area (TPSA) is 247 Å². The molecule has 0 heterocycles. The van der Waals surface area contributed by atoms with Crippen LogP contribution in [0.4, 0.5) is 64.4 Å². The summed E-state index contributed by atoms with van der Waals surface area (Å²) < 4.78 is 60.0. The van der Waals surface area contributed by atoms with E-state index in [0.717, 1.165) is 6.07 Å². The molecule has 402 valence electrons. The van der Waals surface area contributed by atoms with E-state index in [1.165, 1.54) is 64.8 Å². The van der Waals surface area contributed by atoms with Gasteiger partial charge in [-0.3, -0.25) is 34.6 Å². The molecule has 7 rings (SSSR count). The van der Waals surface area contributed by atoms with Crippen molar-refractivity contribution < 1.29 is 56.3 Å². The number of benzene rings is 7. The number of nitrogens with one attached hydrogen (secondary N) is 6. The summed E-state index contributed by atoms with van der Waals surface area (Å²) in [5.74, 6) is 0.209. The van der Waals surface area contributed by atoms with E-state index >= 15 is 0 Å². The SMILES string of the molecule is COCCNc1ccc(C(=O)Nc2cccc(OC)c2)cc1C(F)(F)F.COc1cccc(NC(=O)c2ccc(NC(C)C)c([N+](=O)[O-])c2)c1.COc1cccc(NC(=O)c2ccc(Nc3ccccc3)c([N+](=O)[O-])c2)c1. The van der Waals surface area contributed by atoms with Gasteiger partial charge >= 0.3 is 6.18 Å². The molecule has 6 N–H and O–H groups in total. The zero-order valence-corrected chi connectivity index (χ0v) is 42.5. The first-order valence-corrected chi connectivity index (χ1v) is 23.3. The van der Waals surface area contributed by atoms with Crippen molar-refractivity contribution in [3.8, 4) is 17.2 Å². The van der Waals surface area contributed by atoms with Gasteiger partial charge in [0.1, 0.15) is 28.6 Å². The van der Waals surface area contributed by atoms with Crippen LogP contribution in [0.3, 0.4) is 0 Å². The van der Waals surface area contributed by atoms with Crippen LogP contribution in [0.5, 0.6) is 17.2 Å². The molecule has 0 aliphatic carbocycles. The number of nitro groups is 2. The second-order valence-corrected chi connectivity index (χ2v) is 16.5. The molecule has 3 amide bonds. The minimum absolute atomic E-state index is 0.0418. The Labute approximate surface area is 441 Å². The number of alkyl halides is 3. The molecule has 0 aliphatic rings. The normalized spacial score (nSPS) is 10.5. The van der Waals surface area contributed by atoms with Crippen LogP contribution >= 0.6 is 0 Å². The molecule has 0 aliphatic heterocycles. The van der Waals surface area contributed by atoms with E-state index in [9.17, 15) is 47.8 Å². The van der Waals surface area contributed by atoms with Gasteiger partial charge in [0.15, 0.2) is 0 Å². The first-order chi connectivity index (χ1) is 36.8. The lowest BCUT2D eigenvalue weighted by Gasteiger charge is -2.16. The van der Waals surface area contributed by atoms with Gasteiger partial charge in [-0.25, -0.2) is 0 Å². The standard InChI is InChI=1S/C20H17N3O4.C18H19F3N2O3.C17H19N3O4/c1-27-17-9-5-8-16(13-17)22-20(24)14-10-11-18(19(12-14)23(25)26)21-15-6-3-2-4-7-15;1-25-9-8-22-16-7-6-12(10-15(16)18(19,20)21)17(24)23-13-4-3-5-14(11-13)26-2;1-11(2)18-15-8-7-12(9-16(15)20(22)23)17(21)19-13-5-4-6-14(10-13)24-3/h2-13,21H,1H3,(H,22,24);3-7,10-11,22H,8-9H2,1-2H3,(H,23,24);4-11,18H,1-3H3,(H,19,21). The molecule has 0 saturated heterocycles. The number of methoxy groups -OCH3 is 4. The highest BCUT2D eigenvalue weighted by Crippen LogP contribution is 2.36. The van der Waals surface area contributed by atoms with Crippen molar-refractivity contribution in [3.63, 3.8) is 0 Å². The van der Waals surface area contributed by atoms with Gasteiger partial charge in [-0.2, -0.15) is 13.2 Å². The Balaban J connectivity index is 0.000000213. The monoisotopic (exact) mass is 1060 g/mol. The number of carbonyl (C=O) groups excluding carboxylic acids is 3. The summed E-state index contributed by atoms with van der Waals surface area (Å²) in [6.45, 7) is 4.24. The highest BCUT2D eigenvalue weighted by molar-refractivity contribution is 6.06. The van der Waals surface area contributed by atoms with Gasteiger partial charge in [0, 0.05) is 95.2 Å². The van der Waals surface area contributed by atoms with Crippen LogP contribution < -0.4 is 46.1 Å². The maximum absolute atomic E-state index is 13.3. The van der Waals surface area contributed by atoms with Gasteiger partial charge in [0.2, 0.25) is 0 Å². The largest absolute Gasteiger partial charge is 0.497 e. The minimum atomic E-state index is -4.60. The minimum Gasteiger partial charge on any atom is -0.497 e. The molecule has 0 spiro atoms. The van der Waals surface area contributed by atoms with Gasteiger partial charge in [0.05, 0.1) is 43.3 Å². The Kier molecular flexibility index (Phi) is 21.2. The van der Waals surface area contributed by atoms with E-state index in [1.807, 2.05) is 32.0 Å². The van der Waals surface area contributed by atoms with Crippen LogP contribution in [0.2, 0.25) is 0 Å². The number of ether oxygens (including phenoxy) is 4. The fourth-order valence-electron chi connectivity index (χ4n) is 6.94. The second-order valence-electron chi connectivity index (χ2n) is 16.5. The average molecular weight is 1060 g/mol. The van der Waals surface area contributed by atoms with Crippen molar-refractivity contribution in [2.45, 2.75) is 26.1 Å². The number of carbonyl (C=O) groups is 3.